The Morgan fingerprint density at radius 1 is 0.941 bits per heavy atom. The van der Waals surface area contributed by atoms with E-state index >= 15 is 0 Å². The van der Waals surface area contributed by atoms with Gasteiger partial charge in [0, 0.05) is 28.7 Å². The number of benzene rings is 3. The van der Waals surface area contributed by atoms with Crippen molar-refractivity contribution in [1.29, 1.82) is 0 Å². The van der Waals surface area contributed by atoms with Crippen molar-refractivity contribution in [1.82, 2.24) is 4.57 Å². The molecule has 0 aliphatic carbocycles. The highest BCUT2D eigenvalue weighted by Gasteiger charge is 2.32. The Balaban J connectivity index is 2.00. The SMILES string of the molecule is COc1cc(OC)c2c(-c3ccccc3)c(-c3ccccc3)n3c2c1C(C[N+](=O)[O-])C/C=C\C3. The number of aromatic nitrogens is 1. The van der Waals surface area contributed by atoms with Gasteiger partial charge in [-0.05, 0) is 17.5 Å². The van der Waals surface area contributed by atoms with Crippen LogP contribution in [-0.4, -0.2) is 30.3 Å². The largest absolute Gasteiger partial charge is 0.496 e. The van der Waals surface area contributed by atoms with Gasteiger partial charge >= 0.3 is 0 Å². The van der Waals surface area contributed by atoms with Gasteiger partial charge in [-0.15, -0.1) is 0 Å². The van der Waals surface area contributed by atoms with E-state index in [1.165, 1.54) is 0 Å². The zero-order valence-electron chi connectivity index (χ0n) is 19.2. The first-order valence-electron chi connectivity index (χ1n) is 11.3. The second kappa shape index (κ2) is 9.06. The lowest BCUT2D eigenvalue weighted by Gasteiger charge is -2.22. The molecule has 0 saturated heterocycles. The zero-order valence-corrected chi connectivity index (χ0v) is 19.2. The summed E-state index contributed by atoms with van der Waals surface area (Å²) in [5.41, 5.74) is 6.04. The van der Waals surface area contributed by atoms with Crippen LogP contribution in [0.3, 0.4) is 0 Å². The molecule has 6 nitrogen and oxygen atoms in total. The van der Waals surface area contributed by atoms with E-state index in [0.29, 0.717) is 24.5 Å². The minimum atomic E-state index is -0.323. The lowest BCUT2D eigenvalue weighted by atomic mass is 9.90. The zero-order chi connectivity index (χ0) is 23.7. The van der Waals surface area contributed by atoms with Gasteiger partial charge in [0.05, 0.1) is 36.7 Å². The van der Waals surface area contributed by atoms with E-state index in [9.17, 15) is 10.1 Å². The average molecular weight is 455 g/mol. The minimum Gasteiger partial charge on any atom is -0.496 e. The summed E-state index contributed by atoms with van der Waals surface area (Å²) in [5.74, 6) is 0.982. The smallest absolute Gasteiger partial charge is 0.211 e. The van der Waals surface area contributed by atoms with Crippen molar-refractivity contribution >= 4 is 10.9 Å². The number of rotatable bonds is 6. The average Bonchev–Trinajstić information content (AvgIpc) is 3.19. The molecule has 0 amide bonds. The fraction of sp³-hybridized carbons (Fsp3) is 0.214. The molecule has 1 aliphatic heterocycles. The summed E-state index contributed by atoms with van der Waals surface area (Å²) in [6, 6.07) is 22.4. The fourth-order valence-electron chi connectivity index (χ4n) is 5.12. The molecule has 4 aromatic rings. The minimum absolute atomic E-state index is 0.172. The molecule has 0 saturated carbocycles. The van der Waals surface area contributed by atoms with E-state index in [1.54, 1.807) is 14.2 Å². The van der Waals surface area contributed by atoms with Crippen molar-refractivity contribution in [3.05, 3.63) is 94.6 Å². The number of methoxy groups -OCH3 is 2. The monoisotopic (exact) mass is 454 g/mol. The molecule has 172 valence electrons. The first kappa shape index (κ1) is 21.8. The molecular formula is C28H26N2O4. The normalized spacial score (nSPS) is 16.0. The molecule has 1 aromatic heterocycles. The molecule has 6 heteroatoms. The summed E-state index contributed by atoms with van der Waals surface area (Å²) in [6.07, 6.45) is 4.72. The summed E-state index contributed by atoms with van der Waals surface area (Å²) in [6.45, 7) is 0.469. The topological polar surface area (TPSA) is 66.5 Å². The van der Waals surface area contributed by atoms with Gasteiger partial charge in [0.1, 0.15) is 11.5 Å². The first-order chi connectivity index (χ1) is 16.6. The van der Waals surface area contributed by atoms with E-state index in [0.717, 1.165) is 38.9 Å². The Bertz CT molecular complexity index is 1370. The van der Waals surface area contributed by atoms with Gasteiger partial charge in [-0.25, -0.2) is 0 Å². The maximum Gasteiger partial charge on any atom is 0.211 e. The highest BCUT2D eigenvalue weighted by atomic mass is 16.6. The van der Waals surface area contributed by atoms with Crippen molar-refractivity contribution in [2.45, 2.75) is 18.9 Å². The van der Waals surface area contributed by atoms with Crippen LogP contribution in [0.1, 0.15) is 17.9 Å². The van der Waals surface area contributed by atoms with Crippen LogP contribution in [0.4, 0.5) is 0 Å². The predicted octanol–water partition coefficient (Wildman–Crippen LogP) is 6.31. The third kappa shape index (κ3) is 3.61. The van der Waals surface area contributed by atoms with E-state index in [-0.39, 0.29) is 17.4 Å². The third-order valence-corrected chi connectivity index (χ3v) is 6.50. The third-order valence-electron chi connectivity index (χ3n) is 6.50. The summed E-state index contributed by atoms with van der Waals surface area (Å²) < 4.78 is 14.0. The molecule has 0 N–H and O–H groups in total. The molecule has 5 rings (SSSR count). The van der Waals surface area contributed by atoms with Crippen molar-refractivity contribution < 1.29 is 14.4 Å². The number of nitrogens with zero attached hydrogens (tertiary/aromatic N) is 2. The summed E-state index contributed by atoms with van der Waals surface area (Å²) in [7, 11) is 3.26. The molecule has 0 fully saturated rings. The van der Waals surface area contributed by atoms with E-state index in [1.807, 2.05) is 48.5 Å². The van der Waals surface area contributed by atoms with Crippen molar-refractivity contribution in [2.75, 3.05) is 20.8 Å². The Hall–Kier alpha value is -4.06. The van der Waals surface area contributed by atoms with Gasteiger partial charge < -0.3 is 14.0 Å². The molecule has 2 heterocycles. The number of hydrogen-bond acceptors (Lipinski definition) is 4. The Kier molecular flexibility index (Phi) is 5.80. The molecule has 0 spiro atoms. The molecular weight excluding hydrogens is 428 g/mol. The quantitative estimate of drug-likeness (QED) is 0.194. The molecule has 1 aliphatic rings. The Morgan fingerprint density at radius 3 is 2.21 bits per heavy atom. The number of hydrogen-bond donors (Lipinski definition) is 0. The van der Waals surface area contributed by atoms with Crippen LogP contribution in [0.5, 0.6) is 11.5 Å². The van der Waals surface area contributed by atoms with Crippen LogP contribution in [0.25, 0.3) is 33.3 Å². The van der Waals surface area contributed by atoms with Gasteiger partial charge in [0.25, 0.3) is 0 Å². The second-order valence-corrected chi connectivity index (χ2v) is 8.40. The number of allylic oxidation sites excluding steroid dienone is 2. The van der Waals surface area contributed by atoms with Crippen molar-refractivity contribution in [3.63, 3.8) is 0 Å². The lowest BCUT2D eigenvalue weighted by molar-refractivity contribution is -0.483. The molecule has 1 atom stereocenters. The van der Waals surface area contributed by atoms with Crippen LogP contribution in [0, 0.1) is 10.1 Å². The number of nitro groups is 1. The highest BCUT2D eigenvalue weighted by molar-refractivity contribution is 6.10. The molecule has 3 aromatic carbocycles. The van der Waals surface area contributed by atoms with Gasteiger partial charge in [0.15, 0.2) is 0 Å². The maximum absolute atomic E-state index is 11.6. The van der Waals surface area contributed by atoms with E-state index in [2.05, 4.69) is 34.9 Å². The predicted molar refractivity (Wildman–Crippen MR) is 134 cm³/mol. The van der Waals surface area contributed by atoms with Crippen LogP contribution in [0.2, 0.25) is 0 Å². The van der Waals surface area contributed by atoms with Crippen LogP contribution in [0.15, 0.2) is 78.9 Å². The molecule has 1 unspecified atom stereocenters. The van der Waals surface area contributed by atoms with Gasteiger partial charge in [-0.3, -0.25) is 10.1 Å². The van der Waals surface area contributed by atoms with Crippen molar-refractivity contribution in [2.24, 2.45) is 0 Å². The lowest BCUT2D eigenvalue weighted by Crippen LogP contribution is -2.16. The second-order valence-electron chi connectivity index (χ2n) is 8.40. The van der Waals surface area contributed by atoms with Crippen molar-refractivity contribution in [3.8, 4) is 33.9 Å². The fourth-order valence-corrected chi connectivity index (χ4v) is 5.12. The first-order valence-corrected chi connectivity index (χ1v) is 11.3. The maximum atomic E-state index is 11.6. The number of ether oxygens (including phenoxy) is 2. The summed E-state index contributed by atoms with van der Waals surface area (Å²) in [4.78, 5) is 11.4. The van der Waals surface area contributed by atoms with Gasteiger partial charge in [-0.2, -0.15) is 0 Å². The van der Waals surface area contributed by atoms with Crippen LogP contribution < -0.4 is 9.47 Å². The summed E-state index contributed by atoms with van der Waals surface area (Å²) >= 11 is 0. The Morgan fingerprint density at radius 2 is 1.59 bits per heavy atom. The molecule has 0 radical (unpaired) electrons. The highest BCUT2D eigenvalue weighted by Crippen LogP contribution is 2.50. The van der Waals surface area contributed by atoms with Crippen LogP contribution >= 0.6 is 0 Å². The van der Waals surface area contributed by atoms with E-state index < -0.39 is 0 Å². The van der Waals surface area contributed by atoms with Gasteiger partial charge in [-0.1, -0.05) is 72.8 Å². The Labute approximate surface area is 198 Å². The van der Waals surface area contributed by atoms with Crippen LogP contribution in [-0.2, 0) is 6.54 Å². The van der Waals surface area contributed by atoms with E-state index in [4.69, 9.17) is 9.47 Å². The van der Waals surface area contributed by atoms with Gasteiger partial charge in [0.2, 0.25) is 6.54 Å². The molecule has 34 heavy (non-hydrogen) atoms. The standard InChI is InChI=1S/C28H26N2O4/c1-33-22-17-23(34-2)26-25(19-11-5-3-6-12-19)27(20-13-7-4-8-14-20)29-16-10-9-15-21(18-30(31)32)24(22)28(26)29/h3-14,17,21H,15-16,18H2,1-2H3/b10-9-. The summed E-state index contributed by atoms with van der Waals surface area (Å²) in [5, 5.41) is 12.6. The molecule has 0 bridgehead atoms.